The number of benzene rings is 3. The van der Waals surface area contributed by atoms with Gasteiger partial charge in [-0.15, -0.1) is 11.8 Å². The Bertz CT molecular complexity index is 1120. The van der Waals surface area contributed by atoms with Gasteiger partial charge >= 0.3 is 5.97 Å². The number of carboxylic acid groups (broad SMARTS) is 1. The zero-order valence-corrected chi connectivity index (χ0v) is 17.7. The van der Waals surface area contributed by atoms with Crippen molar-refractivity contribution in [1.82, 2.24) is 0 Å². The smallest absolute Gasteiger partial charge is 0.337 e. The number of rotatable bonds is 9. The number of anilines is 1. The van der Waals surface area contributed by atoms with Crippen LogP contribution in [-0.2, 0) is 23.0 Å². The van der Waals surface area contributed by atoms with E-state index in [4.69, 9.17) is 5.14 Å². The molecule has 0 saturated heterocycles. The first-order valence-electron chi connectivity index (χ1n) is 9.23. The van der Waals surface area contributed by atoms with Crippen molar-refractivity contribution >= 4 is 33.4 Å². The molecule has 0 aliphatic rings. The second-order valence-electron chi connectivity index (χ2n) is 6.62. The number of primary sulfonamides is 1. The maximum Gasteiger partial charge on any atom is 0.337 e. The molecule has 0 radical (unpaired) electrons. The summed E-state index contributed by atoms with van der Waals surface area (Å²) >= 11 is 1.33. The molecular formula is C22H22N2O4S2. The van der Waals surface area contributed by atoms with Gasteiger partial charge in [-0.2, -0.15) is 0 Å². The second kappa shape index (κ2) is 9.80. The topological polar surface area (TPSA) is 109 Å². The van der Waals surface area contributed by atoms with Crippen molar-refractivity contribution in [3.63, 3.8) is 0 Å². The number of hydrogen-bond acceptors (Lipinski definition) is 5. The summed E-state index contributed by atoms with van der Waals surface area (Å²) in [5, 5.41) is 18.1. The normalized spacial score (nSPS) is 11.2. The quantitative estimate of drug-likeness (QED) is 0.433. The van der Waals surface area contributed by atoms with Crippen molar-refractivity contribution in [2.75, 3.05) is 11.1 Å². The Morgan fingerprint density at radius 1 is 0.967 bits per heavy atom. The average Bonchev–Trinajstić information content (AvgIpc) is 2.72. The lowest BCUT2D eigenvalue weighted by Crippen LogP contribution is -2.16. The maximum atomic E-state index is 12.1. The highest BCUT2D eigenvalue weighted by molar-refractivity contribution is 8.00. The zero-order valence-electron chi connectivity index (χ0n) is 16.1. The van der Waals surface area contributed by atoms with Crippen molar-refractivity contribution in [2.45, 2.75) is 22.8 Å². The number of aryl methyl sites for hydroxylation is 1. The third-order valence-electron chi connectivity index (χ3n) is 4.44. The van der Waals surface area contributed by atoms with E-state index in [2.05, 4.69) is 5.32 Å². The highest BCUT2D eigenvalue weighted by atomic mass is 32.2. The average molecular weight is 443 g/mol. The maximum absolute atomic E-state index is 12.1. The second-order valence-corrected chi connectivity index (χ2v) is 9.28. The van der Waals surface area contributed by atoms with Gasteiger partial charge in [0.25, 0.3) is 0 Å². The summed E-state index contributed by atoms with van der Waals surface area (Å²) in [5.74, 6) is -0.604. The monoisotopic (exact) mass is 442 g/mol. The molecule has 0 bridgehead atoms. The van der Waals surface area contributed by atoms with E-state index in [1.54, 1.807) is 6.07 Å². The van der Waals surface area contributed by atoms with Crippen molar-refractivity contribution < 1.29 is 18.3 Å². The SMILES string of the molecule is NS(=O)(=O)c1cc(C(=O)O)c(NCc2ccccc2)cc1SCCc1ccccc1. The van der Waals surface area contributed by atoms with Crippen LogP contribution in [0.4, 0.5) is 5.69 Å². The minimum Gasteiger partial charge on any atom is -0.478 e. The third kappa shape index (κ3) is 5.85. The first-order valence-corrected chi connectivity index (χ1v) is 11.8. The molecule has 30 heavy (non-hydrogen) atoms. The van der Waals surface area contributed by atoms with Gasteiger partial charge in [-0.3, -0.25) is 0 Å². The van der Waals surface area contributed by atoms with Crippen LogP contribution in [0.3, 0.4) is 0 Å². The van der Waals surface area contributed by atoms with Crippen LogP contribution in [0, 0.1) is 0 Å². The van der Waals surface area contributed by atoms with Crippen molar-refractivity contribution in [1.29, 1.82) is 0 Å². The van der Waals surface area contributed by atoms with E-state index in [1.807, 2.05) is 60.7 Å². The molecule has 6 nitrogen and oxygen atoms in total. The molecule has 0 aliphatic heterocycles. The first kappa shape index (κ1) is 21.9. The van der Waals surface area contributed by atoms with E-state index >= 15 is 0 Å². The molecule has 0 unspecified atom stereocenters. The molecule has 0 aliphatic carbocycles. The van der Waals surface area contributed by atoms with Crippen LogP contribution >= 0.6 is 11.8 Å². The lowest BCUT2D eigenvalue weighted by atomic mass is 10.1. The lowest BCUT2D eigenvalue weighted by molar-refractivity contribution is 0.0697. The number of carboxylic acids is 1. The van der Waals surface area contributed by atoms with Gasteiger partial charge in [0, 0.05) is 17.2 Å². The number of hydrogen-bond donors (Lipinski definition) is 3. The van der Waals surface area contributed by atoms with E-state index in [0.29, 0.717) is 22.9 Å². The lowest BCUT2D eigenvalue weighted by Gasteiger charge is -2.15. The summed E-state index contributed by atoms with van der Waals surface area (Å²) < 4.78 is 24.2. The standard InChI is InChI=1S/C22H22N2O4S2/c23-30(27,28)21-13-18(22(25)26)19(24-15-17-9-5-2-6-10-17)14-20(21)29-12-11-16-7-3-1-4-8-16/h1-10,13-14,24H,11-12,15H2,(H,25,26)(H2,23,27,28). The molecule has 0 saturated carbocycles. The van der Waals surface area contributed by atoms with E-state index in [1.165, 1.54) is 11.8 Å². The van der Waals surface area contributed by atoms with Crippen molar-refractivity contribution in [3.8, 4) is 0 Å². The van der Waals surface area contributed by atoms with E-state index in [0.717, 1.165) is 23.6 Å². The molecule has 0 amide bonds. The molecule has 3 aromatic carbocycles. The zero-order chi connectivity index (χ0) is 21.6. The molecule has 0 heterocycles. The number of aromatic carboxylic acids is 1. The molecule has 3 aromatic rings. The van der Waals surface area contributed by atoms with Crippen LogP contribution in [0.15, 0.2) is 82.6 Å². The van der Waals surface area contributed by atoms with Gasteiger partial charge in [0.15, 0.2) is 0 Å². The predicted octanol–water partition coefficient (Wildman–Crippen LogP) is 3.98. The fourth-order valence-corrected chi connectivity index (χ4v) is 5.04. The Morgan fingerprint density at radius 2 is 1.57 bits per heavy atom. The van der Waals surface area contributed by atoms with E-state index < -0.39 is 16.0 Å². The van der Waals surface area contributed by atoms with Crippen LogP contribution in [0.5, 0.6) is 0 Å². The molecule has 4 N–H and O–H groups in total. The van der Waals surface area contributed by atoms with Crippen LogP contribution in [-0.4, -0.2) is 25.2 Å². The summed E-state index contributed by atoms with van der Waals surface area (Å²) in [6.07, 6.45) is 0.739. The first-order chi connectivity index (χ1) is 14.3. The van der Waals surface area contributed by atoms with E-state index in [9.17, 15) is 18.3 Å². The van der Waals surface area contributed by atoms with Gasteiger partial charge in [-0.05, 0) is 29.7 Å². The Morgan fingerprint density at radius 3 is 2.13 bits per heavy atom. The highest BCUT2D eigenvalue weighted by Crippen LogP contribution is 2.32. The number of carbonyl (C=O) groups is 1. The molecule has 3 rings (SSSR count). The predicted molar refractivity (Wildman–Crippen MR) is 119 cm³/mol. The molecule has 8 heteroatoms. The van der Waals surface area contributed by atoms with Crippen LogP contribution in [0.2, 0.25) is 0 Å². The Labute approximate surface area is 180 Å². The number of sulfonamides is 1. The van der Waals surface area contributed by atoms with Crippen LogP contribution in [0.25, 0.3) is 0 Å². The summed E-state index contributed by atoms with van der Waals surface area (Å²) in [7, 11) is -4.08. The van der Waals surface area contributed by atoms with Crippen molar-refractivity contribution in [3.05, 3.63) is 89.5 Å². The van der Waals surface area contributed by atoms with Gasteiger partial charge < -0.3 is 10.4 Å². The van der Waals surface area contributed by atoms with Gasteiger partial charge in [0.05, 0.1) is 16.1 Å². The minimum absolute atomic E-state index is 0.137. The Kier molecular flexibility index (Phi) is 7.15. The minimum atomic E-state index is -4.08. The fraction of sp³-hybridized carbons (Fsp3) is 0.136. The number of thioether (sulfide) groups is 1. The fourth-order valence-electron chi connectivity index (χ4n) is 2.93. The molecule has 0 aromatic heterocycles. The highest BCUT2D eigenvalue weighted by Gasteiger charge is 2.21. The molecule has 0 spiro atoms. The largest absolute Gasteiger partial charge is 0.478 e. The van der Waals surface area contributed by atoms with Crippen LogP contribution in [0.1, 0.15) is 21.5 Å². The molecule has 156 valence electrons. The molecule has 0 atom stereocenters. The van der Waals surface area contributed by atoms with Gasteiger partial charge in [-0.1, -0.05) is 60.7 Å². The van der Waals surface area contributed by atoms with Gasteiger partial charge in [0.1, 0.15) is 0 Å². The summed E-state index contributed by atoms with van der Waals surface area (Å²) in [5.41, 5.74) is 2.32. The number of nitrogens with one attached hydrogen (secondary N) is 1. The van der Waals surface area contributed by atoms with Crippen molar-refractivity contribution in [2.24, 2.45) is 5.14 Å². The Hall–Kier alpha value is -2.81. The molecular weight excluding hydrogens is 420 g/mol. The third-order valence-corrected chi connectivity index (χ3v) is 6.57. The summed E-state index contributed by atoms with van der Waals surface area (Å²) in [6.45, 7) is 0.407. The number of nitrogens with two attached hydrogens (primary N) is 1. The van der Waals surface area contributed by atoms with Gasteiger partial charge in [0.2, 0.25) is 10.0 Å². The summed E-state index contributed by atoms with van der Waals surface area (Å²) in [4.78, 5) is 12.0. The summed E-state index contributed by atoms with van der Waals surface area (Å²) in [6, 6.07) is 22.0. The van der Waals surface area contributed by atoms with Crippen LogP contribution < -0.4 is 10.5 Å². The molecule has 0 fully saturated rings. The van der Waals surface area contributed by atoms with Gasteiger partial charge in [-0.25, -0.2) is 18.4 Å². The van der Waals surface area contributed by atoms with E-state index in [-0.39, 0.29) is 10.5 Å². The Balaban J connectivity index is 1.89.